The normalized spacial score (nSPS) is 16.5. The largest absolute Gasteiger partial charge is 0.497 e. The minimum Gasteiger partial charge on any atom is -0.497 e. The molecule has 126 valence electrons. The Morgan fingerprint density at radius 3 is 1.50 bits per heavy atom. The maximum absolute atomic E-state index is 5.35. The summed E-state index contributed by atoms with van der Waals surface area (Å²) in [5.41, 5.74) is 0. The molecule has 0 aromatic heterocycles. The van der Waals surface area contributed by atoms with E-state index in [9.17, 15) is 0 Å². The monoisotopic (exact) mass is 342 g/mol. The van der Waals surface area contributed by atoms with Gasteiger partial charge in [-0.15, -0.1) is 0 Å². The van der Waals surface area contributed by atoms with Crippen molar-refractivity contribution in [3.05, 3.63) is 71.9 Å². The lowest BCUT2D eigenvalue weighted by Crippen LogP contribution is -1.99. The first kappa shape index (κ1) is 16.4. The zero-order chi connectivity index (χ0) is 17.0. The predicted molar refractivity (Wildman–Crippen MR) is 102 cm³/mol. The molecule has 0 fully saturated rings. The van der Waals surface area contributed by atoms with Crippen LogP contribution in [0.3, 0.4) is 0 Å². The maximum atomic E-state index is 5.35. The van der Waals surface area contributed by atoms with Crippen LogP contribution < -0.4 is 9.47 Å². The van der Waals surface area contributed by atoms with Crippen molar-refractivity contribution in [3.63, 3.8) is 0 Å². The highest BCUT2D eigenvalue weighted by Crippen LogP contribution is 2.56. The van der Waals surface area contributed by atoms with Gasteiger partial charge in [-0.25, -0.2) is 0 Å². The molecule has 0 saturated heterocycles. The van der Waals surface area contributed by atoms with Crippen LogP contribution in [0.4, 0.5) is 0 Å². The molecule has 0 bridgehead atoms. The molecule has 3 rings (SSSR count). The zero-order valence-electron chi connectivity index (χ0n) is 14.1. The van der Waals surface area contributed by atoms with Gasteiger partial charge in [0.25, 0.3) is 0 Å². The highest BCUT2D eigenvalue weighted by molar-refractivity contribution is 8.34. The Balaban J connectivity index is 2.16. The highest BCUT2D eigenvalue weighted by Gasteiger charge is 2.17. The molecule has 0 atom stereocenters. The number of benzene rings is 2. The van der Waals surface area contributed by atoms with Gasteiger partial charge >= 0.3 is 0 Å². The molecule has 0 aliphatic carbocycles. The average Bonchev–Trinajstić information content (AvgIpc) is 2.68. The second-order valence-corrected chi connectivity index (χ2v) is 8.59. The van der Waals surface area contributed by atoms with E-state index in [4.69, 9.17) is 14.2 Å². The van der Waals surface area contributed by atoms with Crippen molar-refractivity contribution in [2.75, 3.05) is 21.3 Å². The van der Waals surface area contributed by atoms with E-state index in [0.29, 0.717) is 0 Å². The lowest BCUT2D eigenvalue weighted by Gasteiger charge is -2.31. The van der Waals surface area contributed by atoms with E-state index < -0.39 is 9.62 Å². The van der Waals surface area contributed by atoms with Gasteiger partial charge in [-0.3, -0.25) is 0 Å². The first-order valence-corrected chi connectivity index (χ1v) is 9.61. The SMILES string of the molecule is COC1=CC=[SH](c2ccc(OC)cc2)(c2ccc(OC)cc2)C=C1. The van der Waals surface area contributed by atoms with E-state index in [1.807, 2.05) is 24.3 Å². The van der Waals surface area contributed by atoms with E-state index in [-0.39, 0.29) is 0 Å². The molecule has 4 heteroatoms. The summed E-state index contributed by atoms with van der Waals surface area (Å²) in [6.45, 7) is 0. The van der Waals surface area contributed by atoms with Gasteiger partial charge in [0.05, 0.1) is 21.3 Å². The molecule has 24 heavy (non-hydrogen) atoms. The minimum atomic E-state index is -1.78. The number of thiol groups is 1. The van der Waals surface area contributed by atoms with E-state index in [2.05, 4.69) is 47.2 Å². The number of rotatable bonds is 5. The molecule has 2 aromatic rings. The second kappa shape index (κ2) is 6.97. The molecule has 1 aliphatic heterocycles. The summed E-state index contributed by atoms with van der Waals surface area (Å²) < 4.78 is 15.9. The Morgan fingerprint density at radius 1 is 0.667 bits per heavy atom. The molecule has 1 aliphatic rings. The first-order valence-electron chi connectivity index (χ1n) is 7.69. The summed E-state index contributed by atoms with van der Waals surface area (Å²) in [6, 6.07) is 16.6. The standard InChI is InChI=1S/C20H22O3S/c1-21-16-4-8-19(9-5-16)24(14-12-18(23-3)13-15-24)20-10-6-17(22-2)7-11-20/h4-15,24H,1-3H3. The van der Waals surface area contributed by atoms with Crippen molar-refractivity contribution >= 4 is 15.0 Å². The van der Waals surface area contributed by atoms with Crippen molar-refractivity contribution in [2.45, 2.75) is 9.79 Å². The molecule has 1 heterocycles. The lowest BCUT2D eigenvalue weighted by molar-refractivity contribution is 0.307. The van der Waals surface area contributed by atoms with Crippen molar-refractivity contribution < 1.29 is 14.2 Å². The number of allylic oxidation sites excluding steroid dienone is 2. The quantitative estimate of drug-likeness (QED) is 0.639. The number of hydrogen-bond acceptors (Lipinski definition) is 3. The molecule has 0 saturated carbocycles. The van der Waals surface area contributed by atoms with E-state index >= 15 is 0 Å². The van der Waals surface area contributed by atoms with Crippen LogP contribution in [0.15, 0.2) is 81.6 Å². The third kappa shape index (κ3) is 2.97. The van der Waals surface area contributed by atoms with Gasteiger partial charge < -0.3 is 14.2 Å². The van der Waals surface area contributed by atoms with E-state index in [0.717, 1.165) is 17.3 Å². The fourth-order valence-electron chi connectivity index (χ4n) is 2.77. The van der Waals surface area contributed by atoms with Crippen LogP contribution >= 0.6 is 9.62 Å². The first-order chi connectivity index (χ1) is 11.7. The predicted octanol–water partition coefficient (Wildman–Crippen LogP) is 4.52. The van der Waals surface area contributed by atoms with Crippen LogP contribution in [0.25, 0.3) is 0 Å². The lowest BCUT2D eigenvalue weighted by atomic mass is 10.3. The number of methoxy groups -OCH3 is 3. The van der Waals surface area contributed by atoms with Gasteiger partial charge in [0.1, 0.15) is 17.3 Å². The van der Waals surface area contributed by atoms with Crippen LogP contribution in [0, 0.1) is 0 Å². The second-order valence-electron chi connectivity index (χ2n) is 5.41. The van der Waals surface area contributed by atoms with Crippen LogP contribution in [0.2, 0.25) is 0 Å². The van der Waals surface area contributed by atoms with Crippen LogP contribution in [-0.2, 0) is 4.74 Å². The van der Waals surface area contributed by atoms with Gasteiger partial charge in [-0.1, -0.05) is 0 Å². The Labute approximate surface area is 144 Å². The van der Waals surface area contributed by atoms with Crippen molar-refractivity contribution in [1.29, 1.82) is 0 Å². The summed E-state index contributed by atoms with van der Waals surface area (Å²) >= 11 is 0. The summed E-state index contributed by atoms with van der Waals surface area (Å²) in [5.74, 6) is 2.59. The fraction of sp³-hybridized carbons (Fsp3) is 0.150. The summed E-state index contributed by atoms with van der Waals surface area (Å²) in [7, 11) is 3.28. The molecular weight excluding hydrogens is 320 g/mol. The summed E-state index contributed by atoms with van der Waals surface area (Å²) in [6.07, 6.45) is 4.12. The molecule has 0 amide bonds. The summed E-state index contributed by atoms with van der Waals surface area (Å²) in [4.78, 5) is 2.55. The Morgan fingerprint density at radius 2 is 1.17 bits per heavy atom. The van der Waals surface area contributed by atoms with Gasteiger partial charge in [-0.05, 0) is 81.2 Å². The Kier molecular flexibility index (Phi) is 4.76. The smallest absolute Gasteiger partial charge is 0.119 e. The maximum Gasteiger partial charge on any atom is 0.119 e. The Bertz CT molecular complexity index is 763. The van der Waals surface area contributed by atoms with Crippen molar-refractivity contribution in [1.82, 2.24) is 0 Å². The molecule has 0 unspecified atom stereocenters. The third-order valence-electron chi connectivity index (χ3n) is 4.18. The highest BCUT2D eigenvalue weighted by atomic mass is 32.2. The molecule has 3 nitrogen and oxygen atoms in total. The molecular formula is C20H22O3S. The Hall–Kier alpha value is -2.46. The van der Waals surface area contributed by atoms with Crippen molar-refractivity contribution in [2.24, 2.45) is 0 Å². The zero-order valence-corrected chi connectivity index (χ0v) is 15.0. The average molecular weight is 342 g/mol. The molecule has 0 N–H and O–H groups in total. The summed E-state index contributed by atoms with van der Waals surface area (Å²) in [5, 5.41) is 4.55. The van der Waals surface area contributed by atoms with Crippen LogP contribution in [0.1, 0.15) is 0 Å². The molecule has 0 radical (unpaired) electrons. The van der Waals surface area contributed by atoms with Gasteiger partial charge in [0, 0.05) is 0 Å². The van der Waals surface area contributed by atoms with Gasteiger partial charge in [0.2, 0.25) is 0 Å². The molecule has 0 spiro atoms. The van der Waals surface area contributed by atoms with Gasteiger partial charge in [0.15, 0.2) is 0 Å². The van der Waals surface area contributed by atoms with Crippen molar-refractivity contribution in [3.8, 4) is 11.5 Å². The topological polar surface area (TPSA) is 27.7 Å². The third-order valence-corrected chi connectivity index (χ3v) is 7.73. The molecule has 2 aromatic carbocycles. The van der Waals surface area contributed by atoms with Crippen LogP contribution in [-0.4, -0.2) is 26.7 Å². The van der Waals surface area contributed by atoms with Gasteiger partial charge in [-0.2, -0.15) is 9.62 Å². The van der Waals surface area contributed by atoms with E-state index in [1.165, 1.54) is 9.79 Å². The minimum absolute atomic E-state index is 0.862. The fourth-order valence-corrected chi connectivity index (χ4v) is 5.91. The number of hydrogen-bond donors (Lipinski definition) is 1. The van der Waals surface area contributed by atoms with Crippen LogP contribution in [0.5, 0.6) is 11.5 Å². The van der Waals surface area contributed by atoms with E-state index in [1.54, 1.807) is 21.3 Å². The number of ether oxygens (including phenoxy) is 3.